The first-order valence-corrected chi connectivity index (χ1v) is 8.39. The van der Waals surface area contributed by atoms with Gasteiger partial charge in [-0.1, -0.05) is 16.8 Å². The van der Waals surface area contributed by atoms with E-state index in [4.69, 9.17) is 30.3 Å². The Hall–Kier alpha value is -3.00. The van der Waals surface area contributed by atoms with Gasteiger partial charge in [-0.3, -0.25) is 4.79 Å². The van der Waals surface area contributed by atoms with Crippen molar-refractivity contribution in [2.24, 2.45) is 0 Å². The van der Waals surface area contributed by atoms with Crippen LogP contribution in [0.25, 0.3) is 6.08 Å². The van der Waals surface area contributed by atoms with Crippen LogP contribution in [0.5, 0.6) is 11.5 Å². The lowest BCUT2D eigenvalue weighted by Gasteiger charge is -2.11. The molecule has 0 saturated heterocycles. The van der Waals surface area contributed by atoms with Crippen molar-refractivity contribution in [1.82, 2.24) is 5.16 Å². The van der Waals surface area contributed by atoms with Crippen molar-refractivity contribution in [1.29, 1.82) is 0 Å². The van der Waals surface area contributed by atoms with Gasteiger partial charge in [0, 0.05) is 12.1 Å². The number of hydrogen-bond donors (Lipinski definition) is 1. The quantitative estimate of drug-likeness (QED) is 0.541. The minimum atomic E-state index is -0.689. The number of ether oxygens (including phenoxy) is 3. The summed E-state index contributed by atoms with van der Waals surface area (Å²) in [4.78, 5) is 23.5. The summed E-state index contributed by atoms with van der Waals surface area (Å²) >= 11 is 6.17. The normalized spacial score (nSPS) is 10.7. The lowest BCUT2D eigenvalue weighted by atomic mass is 10.2. The number of aryl methyl sites for hydroxylation is 1. The van der Waals surface area contributed by atoms with Crippen LogP contribution >= 0.6 is 11.6 Å². The fourth-order valence-corrected chi connectivity index (χ4v) is 2.35. The van der Waals surface area contributed by atoms with Gasteiger partial charge in [-0.15, -0.1) is 0 Å². The Balaban J connectivity index is 1.92. The lowest BCUT2D eigenvalue weighted by molar-refractivity contribution is -0.142. The van der Waals surface area contributed by atoms with Gasteiger partial charge in [-0.2, -0.15) is 0 Å². The van der Waals surface area contributed by atoms with Gasteiger partial charge in [0.25, 0.3) is 5.91 Å². The van der Waals surface area contributed by atoms with E-state index in [9.17, 15) is 9.59 Å². The van der Waals surface area contributed by atoms with Gasteiger partial charge in [0.15, 0.2) is 23.9 Å². The van der Waals surface area contributed by atoms with E-state index in [2.05, 4.69) is 10.5 Å². The van der Waals surface area contributed by atoms with Crippen molar-refractivity contribution >= 4 is 35.4 Å². The van der Waals surface area contributed by atoms with E-state index in [-0.39, 0.29) is 5.82 Å². The molecule has 9 heteroatoms. The number of carbonyl (C=O) groups excluding carboxylic acids is 2. The van der Waals surface area contributed by atoms with Crippen LogP contribution < -0.4 is 14.8 Å². The average Bonchev–Trinajstić information content (AvgIpc) is 3.04. The topological polar surface area (TPSA) is 99.9 Å². The van der Waals surface area contributed by atoms with Crippen LogP contribution in [-0.4, -0.2) is 37.4 Å². The van der Waals surface area contributed by atoms with E-state index >= 15 is 0 Å². The molecule has 0 bridgehead atoms. The standard InChI is InChI=1S/C18H19ClN2O6/c1-4-25-18-13(19)8-12(9-14(18)24-3)5-6-17(23)26-10-16(22)20-15-7-11(2)27-21-15/h5-9H,4,10H2,1-3H3,(H,20,21,22)/b6-5+. The molecule has 1 heterocycles. The third-order valence-corrected chi connectivity index (χ3v) is 3.47. The SMILES string of the molecule is CCOc1c(Cl)cc(/C=C/C(=O)OCC(=O)Nc2cc(C)on2)cc1OC. The molecular formula is C18H19ClN2O6. The molecule has 1 amide bonds. The molecule has 144 valence electrons. The van der Waals surface area contributed by atoms with E-state index in [1.807, 2.05) is 6.92 Å². The first-order valence-electron chi connectivity index (χ1n) is 8.01. The lowest BCUT2D eigenvalue weighted by Crippen LogP contribution is -2.20. The number of esters is 1. The second-order valence-electron chi connectivity index (χ2n) is 5.28. The molecule has 0 radical (unpaired) electrons. The molecule has 0 aliphatic carbocycles. The summed E-state index contributed by atoms with van der Waals surface area (Å²) < 4.78 is 20.3. The molecule has 0 aliphatic rings. The van der Waals surface area contributed by atoms with Crippen LogP contribution in [0.1, 0.15) is 18.2 Å². The van der Waals surface area contributed by atoms with Gasteiger partial charge in [0.05, 0.1) is 18.7 Å². The summed E-state index contributed by atoms with van der Waals surface area (Å²) in [5.41, 5.74) is 0.611. The number of hydrogen-bond acceptors (Lipinski definition) is 7. The second kappa shape index (κ2) is 9.63. The summed E-state index contributed by atoms with van der Waals surface area (Å²) in [7, 11) is 1.49. The summed E-state index contributed by atoms with van der Waals surface area (Å²) in [5, 5.41) is 6.40. The van der Waals surface area contributed by atoms with Gasteiger partial charge in [-0.25, -0.2) is 4.79 Å². The predicted molar refractivity (Wildman–Crippen MR) is 99.0 cm³/mol. The van der Waals surface area contributed by atoms with E-state index < -0.39 is 18.5 Å². The monoisotopic (exact) mass is 394 g/mol. The number of nitrogens with zero attached hydrogens (tertiary/aromatic N) is 1. The van der Waals surface area contributed by atoms with Gasteiger partial charge in [0.1, 0.15) is 5.76 Å². The molecule has 27 heavy (non-hydrogen) atoms. The summed E-state index contributed by atoms with van der Waals surface area (Å²) in [6.45, 7) is 3.51. The zero-order chi connectivity index (χ0) is 19.8. The third-order valence-electron chi connectivity index (χ3n) is 3.19. The molecule has 2 aromatic rings. The van der Waals surface area contributed by atoms with Crippen molar-refractivity contribution in [3.8, 4) is 11.5 Å². The summed E-state index contributed by atoms with van der Waals surface area (Å²) in [5.74, 6) is 0.456. The maximum atomic E-state index is 11.8. The number of rotatable bonds is 8. The Morgan fingerprint density at radius 3 is 2.74 bits per heavy atom. The minimum Gasteiger partial charge on any atom is -0.493 e. The number of halogens is 1. The van der Waals surface area contributed by atoms with Crippen molar-refractivity contribution in [3.63, 3.8) is 0 Å². The maximum Gasteiger partial charge on any atom is 0.331 e. The van der Waals surface area contributed by atoms with E-state index in [1.165, 1.54) is 19.3 Å². The average molecular weight is 395 g/mol. The van der Waals surface area contributed by atoms with Crippen LogP contribution in [-0.2, 0) is 14.3 Å². The predicted octanol–water partition coefficient (Wildman–Crippen LogP) is 3.24. The molecular weight excluding hydrogens is 376 g/mol. The van der Waals surface area contributed by atoms with Crippen LogP contribution in [0.4, 0.5) is 5.82 Å². The van der Waals surface area contributed by atoms with Crippen LogP contribution in [0.2, 0.25) is 5.02 Å². The highest BCUT2D eigenvalue weighted by Gasteiger charge is 2.11. The minimum absolute atomic E-state index is 0.250. The van der Waals surface area contributed by atoms with Crippen LogP contribution in [0.3, 0.4) is 0 Å². The molecule has 0 atom stereocenters. The summed E-state index contributed by atoms with van der Waals surface area (Å²) in [6.07, 6.45) is 2.67. The number of amides is 1. The molecule has 1 N–H and O–H groups in total. The number of anilines is 1. The Morgan fingerprint density at radius 1 is 1.33 bits per heavy atom. The van der Waals surface area contributed by atoms with E-state index in [0.717, 1.165) is 0 Å². The molecule has 2 rings (SSSR count). The molecule has 0 fully saturated rings. The maximum absolute atomic E-state index is 11.8. The molecule has 1 aromatic carbocycles. The second-order valence-corrected chi connectivity index (χ2v) is 5.69. The highest BCUT2D eigenvalue weighted by molar-refractivity contribution is 6.32. The van der Waals surface area contributed by atoms with E-state index in [0.29, 0.717) is 34.5 Å². The van der Waals surface area contributed by atoms with Gasteiger partial charge < -0.3 is 24.1 Å². The Kier molecular flexibility index (Phi) is 7.25. The number of nitrogens with one attached hydrogen (secondary N) is 1. The Labute approximate surface area is 161 Å². The van der Waals surface area contributed by atoms with E-state index in [1.54, 1.807) is 25.1 Å². The van der Waals surface area contributed by atoms with Crippen LogP contribution in [0, 0.1) is 6.92 Å². The number of aromatic nitrogens is 1. The fourth-order valence-electron chi connectivity index (χ4n) is 2.07. The largest absolute Gasteiger partial charge is 0.493 e. The molecule has 8 nitrogen and oxygen atoms in total. The molecule has 0 aliphatic heterocycles. The Bertz CT molecular complexity index is 846. The van der Waals surface area contributed by atoms with Crippen molar-refractivity contribution in [2.75, 3.05) is 25.6 Å². The summed E-state index contributed by atoms with van der Waals surface area (Å²) in [6, 6.07) is 4.83. The Morgan fingerprint density at radius 2 is 2.11 bits per heavy atom. The first kappa shape index (κ1) is 20.3. The third kappa shape index (κ3) is 6.03. The van der Waals surface area contributed by atoms with Crippen molar-refractivity contribution in [2.45, 2.75) is 13.8 Å². The van der Waals surface area contributed by atoms with Crippen molar-refractivity contribution < 1.29 is 28.3 Å². The fraction of sp³-hybridized carbons (Fsp3) is 0.278. The van der Waals surface area contributed by atoms with Gasteiger partial charge in [0.2, 0.25) is 0 Å². The van der Waals surface area contributed by atoms with Gasteiger partial charge >= 0.3 is 5.97 Å². The smallest absolute Gasteiger partial charge is 0.331 e. The number of benzene rings is 1. The number of carbonyl (C=O) groups is 2. The zero-order valence-electron chi connectivity index (χ0n) is 15.1. The highest BCUT2D eigenvalue weighted by atomic mass is 35.5. The van der Waals surface area contributed by atoms with Crippen LogP contribution in [0.15, 0.2) is 28.8 Å². The number of methoxy groups -OCH3 is 1. The highest BCUT2D eigenvalue weighted by Crippen LogP contribution is 2.36. The first-order chi connectivity index (χ1) is 12.9. The molecule has 1 aromatic heterocycles. The van der Waals surface area contributed by atoms with Gasteiger partial charge in [-0.05, 0) is 37.6 Å². The molecule has 0 unspecified atom stereocenters. The molecule has 0 saturated carbocycles. The zero-order valence-corrected chi connectivity index (χ0v) is 15.8. The van der Waals surface area contributed by atoms with Crippen molar-refractivity contribution in [3.05, 3.63) is 40.6 Å². The molecule has 0 spiro atoms.